The Kier molecular flexibility index (Phi) is 17.4. The lowest BCUT2D eigenvalue weighted by Gasteiger charge is -2.49. The number of aliphatic hydroxyl groups is 2. The number of rotatable bonds is 22. The van der Waals surface area contributed by atoms with Gasteiger partial charge in [0.2, 0.25) is 0 Å². The van der Waals surface area contributed by atoms with E-state index in [4.69, 9.17) is 42.6 Å². The molecule has 6 aromatic carbocycles. The smallest absolute Gasteiger partial charge is 0.187 e. The third kappa shape index (κ3) is 13.5. The molecule has 11 heteroatoms. The zero-order chi connectivity index (χ0) is 44.5. The van der Waals surface area contributed by atoms with Crippen LogP contribution in [0.3, 0.4) is 0 Å². The summed E-state index contributed by atoms with van der Waals surface area (Å²) in [7, 11) is 0. The lowest BCUT2D eigenvalue weighted by Crippen LogP contribution is -2.66. The normalized spacial score (nSPS) is 25.6. The Morgan fingerprint density at radius 1 is 0.338 bits per heavy atom. The third-order valence-electron chi connectivity index (χ3n) is 11.4. The van der Waals surface area contributed by atoms with Crippen LogP contribution in [-0.2, 0) is 82.3 Å². The van der Waals surface area contributed by atoms with Crippen LogP contribution in [0.2, 0.25) is 0 Å². The second-order valence-corrected chi connectivity index (χ2v) is 16.2. The third-order valence-corrected chi connectivity index (χ3v) is 11.4. The van der Waals surface area contributed by atoms with Crippen molar-refractivity contribution in [2.24, 2.45) is 0 Å². The topological polar surface area (TPSA) is 124 Å². The van der Waals surface area contributed by atoms with Crippen LogP contribution in [0.4, 0.5) is 0 Å². The van der Waals surface area contributed by atoms with Gasteiger partial charge in [-0.15, -0.1) is 0 Å². The maximum atomic E-state index is 12.3. The van der Waals surface area contributed by atoms with Gasteiger partial charge in [0.05, 0.1) is 52.9 Å². The number of ether oxygens (including phenoxy) is 9. The predicted octanol–water partition coefficient (Wildman–Crippen LogP) is 7.95. The quantitative estimate of drug-likeness (QED) is 0.0691. The van der Waals surface area contributed by atoms with E-state index in [1.807, 2.05) is 182 Å². The Morgan fingerprint density at radius 2 is 0.662 bits per heavy atom. The molecule has 6 aromatic rings. The Bertz CT molecular complexity index is 2200. The summed E-state index contributed by atoms with van der Waals surface area (Å²) in [6, 6.07) is 58.9. The van der Waals surface area contributed by atoms with Gasteiger partial charge in [0.15, 0.2) is 12.6 Å². The summed E-state index contributed by atoms with van der Waals surface area (Å²) in [4.78, 5) is 0. The molecule has 2 N–H and O–H groups in total. The molecular weight excluding hydrogens is 825 g/mol. The molecule has 1 unspecified atom stereocenters. The molecule has 0 amide bonds. The van der Waals surface area contributed by atoms with Crippen LogP contribution in [0.1, 0.15) is 33.4 Å². The summed E-state index contributed by atoms with van der Waals surface area (Å²) in [5, 5.41) is 23.7. The molecule has 0 radical (unpaired) electrons. The van der Waals surface area contributed by atoms with Gasteiger partial charge in [-0.1, -0.05) is 182 Å². The average molecular weight is 883 g/mol. The molecule has 11 nitrogen and oxygen atoms in total. The van der Waals surface area contributed by atoms with E-state index in [1.54, 1.807) is 0 Å². The van der Waals surface area contributed by atoms with Crippen LogP contribution in [0.15, 0.2) is 182 Å². The van der Waals surface area contributed by atoms with Gasteiger partial charge in [-0.2, -0.15) is 0 Å². The van der Waals surface area contributed by atoms with Crippen LogP contribution in [0.5, 0.6) is 0 Å². The minimum Gasteiger partial charge on any atom is -0.387 e. The highest BCUT2D eigenvalue weighted by atomic mass is 16.7. The first kappa shape index (κ1) is 46.4. The second-order valence-electron chi connectivity index (χ2n) is 16.2. The van der Waals surface area contributed by atoms with Crippen LogP contribution in [0, 0.1) is 0 Å². The predicted molar refractivity (Wildman–Crippen MR) is 243 cm³/mol. The van der Waals surface area contributed by atoms with E-state index in [-0.39, 0.29) is 46.2 Å². The van der Waals surface area contributed by atoms with E-state index in [0.717, 1.165) is 33.4 Å². The first-order valence-electron chi connectivity index (χ1n) is 22.3. The van der Waals surface area contributed by atoms with Crippen molar-refractivity contribution in [3.05, 3.63) is 215 Å². The molecule has 65 heavy (non-hydrogen) atoms. The van der Waals surface area contributed by atoms with E-state index >= 15 is 0 Å². The highest BCUT2D eigenvalue weighted by Crippen LogP contribution is 2.35. The standard InChI is InChI=1S/C54H58O11/c55-47-48(45(37-57-31-39-19-7-1-8-20-39)63-53(56)50(47)60-34-42-25-13-4-14-26-42)65-54-52(62-36-44-29-17-6-18-30-44)51(61-35-43-27-15-5-16-28-43)49(59-33-41-23-11-3-12-24-41)46(64-54)38-58-32-40-21-9-2-10-22-40/h1-30,45-56H,31-38H2/t45-,46-,47+,48+,49+,50-,51+,52-,53+,54?/m1/s1. The monoisotopic (exact) mass is 882 g/mol. The fraction of sp³-hybridized carbons (Fsp3) is 0.333. The fourth-order valence-corrected chi connectivity index (χ4v) is 8.04. The number of benzene rings is 6. The van der Waals surface area contributed by atoms with E-state index in [9.17, 15) is 10.2 Å². The van der Waals surface area contributed by atoms with Crippen LogP contribution in [-0.4, -0.2) is 84.8 Å². The highest BCUT2D eigenvalue weighted by molar-refractivity contribution is 5.18. The highest BCUT2D eigenvalue weighted by Gasteiger charge is 2.53. The molecule has 340 valence electrons. The van der Waals surface area contributed by atoms with Gasteiger partial charge in [-0.3, -0.25) is 0 Å². The molecule has 2 heterocycles. The van der Waals surface area contributed by atoms with Crippen molar-refractivity contribution in [3.8, 4) is 0 Å². The summed E-state index contributed by atoms with van der Waals surface area (Å²) in [5.41, 5.74) is 5.67. The van der Waals surface area contributed by atoms with Gasteiger partial charge in [-0.25, -0.2) is 0 Å². The molecule has 10 atom stereocenters. The van der Waals surface area contributed by atoms with Crippen molar-refractivity contribution in [3.63, 3.8) is 0 Å². The second kappa shape index (κ2) is 24.4. The Hall–Kier alpha value is -5.12. The Morgan fingerprint density at radius 3 is 1.06 bits per heavy atom. The zero-order valence-corrected chi connectivity index (χ0v) is 36.3. The lowest BCUT2D eigenvalue weighted by molar-refractivity contribution is -0.371. The molecule has 0 bridgehead atoms. The minimum atomic E-state index is -1.49. The number of hydrogen-bond acceptors (Lipinski definition) is 11. The molecule has 2 aliphatic rings. The molecule has 0 aromatic heterocycles. The largest absolute Gasteiger partial charge is 0.387 e. The van der Waals surface area contributed by atoms with E-state index in [1.165, 1.54) is 0 Å². The minimum absolute atomic E-state index is 0.0261. The summed E-state index contributed by atoms with van der Waals surface area (Å²) in [6.45, 7) is 1.49. The van der Waals surface area contributed by atoms with E-state index in [2.05, 4.69) is 0 Å². The molecule has 2 aliphatic heterocycles. The van der Waals surface area contributed by atoms with E-state index in [0.29, 0.717) is 6.61 Å². The van der Waals surface area contributed by atoms with Crippen molar-refractivity contribution >= 4 is 0 Å². The maximum absolute atomic E-state index is 12.3. The van der Waals surface area contributed by atoms with Gasteiger partial charge in [0.1, 0.15) is 48.8 Å². The lowest BCUT2D eigenvalue weighted by atomic mass is 9.96. The van der Waals surface area contributed by atoms with Gasteiger partial charge in [0.25, 0.3) is 0 Å². The Balaban J connectivity index is 1.13. The van der Waals surface area contributed by atoms with Crippen molar-refractivity contribution in [1.29, 1.82) is 0 Å². The van der Waals surface area contributed by atoms with Gasteiger partial charge < -0.3 is 52.8 Å². The summed E-state index contributed by atoms with van der Waals surface area (Å²) >= 11 is 0. The Labute approximate surface area is 381 Å². The van der Waals surface area contributed by atoms with Gasteiger partial charge in [-0.05, 0) is 33.4 Å². The van der Waals surface area contributed by atoms with E-state index < -0.39 is 61.4 Å². The first-order valence-corrected chi connectivity index (χ1v) is 22.3. The van der Waals surface area contributed by atoms with Crippen molar-refractivity contribution in [2.45, 2.75) is 101 Å². The van der Waals surface area contributed by atoms with Gasteiger partial charge >= 0.3 is 0 Å². The summed E-state index contributed by atoms with van der Waals surface area (Å²) in [6.07, 6.45) is -10.5. The molecular formula is C54H58O11. The summed E-state index contributed by atoms with van der Waals surface area (Å²) < 4.78 is 59.6. The fourth-order valence-electron chi connectivity index (χ4n) is 8.04. The van der Waals surface area contributed by atoms with Crippen LogP contribution < -0.4 is 0 Å². The van der Waals surface area contributed by atoms with Crippen LogP contribution in [0.25, 0.3) is 0 Å². The number of hydrogen-bond donors (Lipinski definition) is 2. The van der Waals surface area contributed by atoms with Crippen molar-refractivity contribution in [2.75, 3.05) is 13.2 Å². The molecule has 0 aliphatic carbocycles. The molecule has 8 rings (SSSR count). The van der Waals surface area contributed by atoms with Crippen molar-refractivity contribution in [1.82, 2.24) is 0 Å². The van der Waals surface area contributed by atoms with Crippen LogP contribution >= 0.6 is 0 Å². The molecule has 2 saturated heterocycles. The molecule has 0 saturated carbocycles. The molecule has 2 fully saturated rings. The molecule has 0 spiro atoms. The maximum Gasteiger partial charge on any atom is 0.187 e. The average Bonchev–Trinajstić information content (AvgIpc) is 3.35. The van der Waals surface area contributed by atoms with Crippen molar-refractivity contribution < 1.29 is 52.8 Å². The number of aliphatic hydroxyl groups excluding tert-OH is 2. The zero-order valence-electron chi connectivity index (χ0n) is 36.3. The summed E-state index contributed by atoms with van der Waals surface area (Å²) in [5.74, 6) is 0. The first-order chi connectivity index (χ1) is 32.1. The SMILES string of the molecule is O[C@@H]1[C@@H](OCc2ccccc2)[C@@H](O)O[C@H](COCc2ccccc2)[C@@H]1OC1O[C@H](COCc2ccccc2)[C@H](OCc2ccccc2)[C@H](OCc2ccccc2)[C@H]1OCc1ccccc1. The van der Waals surface area contributed by atoms with Gasteiger partial charge in [0, 0.05) is 0 Å².